The van der Waals surface area contributed by atoms with E-state index in [-0.39, 0.29) is 0 Å². The molecule has 1 aliphatic heterocycles. The van der Waals surface area contributed by atoms with Gasteiger partial charge in [0.2, 0.25) is 0 Å². The number of rotatable bonds is 4. The van der Waals surface area contributed by atoms with Crippen LogP contribution in [0.4, 0.5) is 0 Å². The molecule has 4 heteroatoms. The third kappa shape index (κ3) is 2.37. The lowest BCUT2D eigenvalue weighted by Crippen LogP contribution is -2.11. The summed E-state index contributed by atoms with van der Waals surface area (Å²) in [5.74, 6) is 2.50. The zero-order chi connectivity index (χ0) is 10.7. The van der Waals surface area contributed by atoms with Crippen LogP contribution in [0.3, 0.4) is 0 Å². The maximum absolute atomic E-state index is 5.52. The quantitative estimate of drug-likeness (QED) is 0.849. The molecule has 1 saturated heterocycles. The Morgan fingerprint density at radius 2 is 2.53 bits per heavy atom. The monoisotopic (exact) mass is 225 g/mol. The number of aromatic nitrogens is 2. The second-order valence-corrected chi connectivity index (χ2v) is 5.26. The van der Waals surface area contributed by atoms with Gasteiger partial charge in [-0.1, -0.05) is 0 Å². The minimum Gasteiger partial charge on any atom is -0.330 e. The van der Waals surface area contributed by atoms with Gasteiger partial charge < -0.3 is 5.73 Å². The standard InChI is InChI=1S/C11H19N3S/c1-9-10(3-2-5-12)7-13-14(9)11-4-6-15-8-11/h7,11H,2-6,8,12H2,1H3. The fourth-order valence-electron chi connectivity index (χ4n) is 2.08. The summed E-state index contributed by atoms with van der Waals surface area (Å²) in [7, 11) is 0. The predicted molar refractivity (Wildman–Crippen MR) is 65.3 cm³/mol. The zero-order valence-corrected chi connectivity index (χ0v) is 10.1. The Hall–Kier alpha value is -0.480. The molecule has 0 radical (unpaired) electrons. The molecule has 3 nitrogen and oxygen atoms in total. The highest BCUT2D eigenvalue weighted by Crippen LogP contribution is 2.29. The Morgan fingerprint density at radius 1 is 1.67 bits per heavy atom. The predicted octanol–water partition coefficient (Wildman–Crippen LogP) is 1.76. The van der Waals surface area contributed by atoms with Gasteiger partial charge in [0.1, 0.15) is 0 Å². The Kier molecular flexibility index (Phi) is 3.70. The van der Waals surface area contributed by atoms with Crippen LogP contribution >= 0.6 is 11.8 Å². The fraction of sp³-hybridized carbons (Fsp3) is 0.727. The van der Waals surface area contributed by atoms with E-state index >= 15 is 0 Å². The topological polar surface area (TPSA) is 43.8 Å². The van der Waals surface area contributed by atoms with E-state index in [4.69, 9.17) is 5.73 Å². The van der Waals surface area contributed by atoms with E-state index in [0.29, 0.717) is 6.04 Å². The van der Waals surface area contributed by atoms with Gasteiger partial charge in [-0.15, -0.1) is 0 Å². The lowest BCUT2D eigenvalue weighted by Gasteiger charge is -2.11. The van der Waals surface area contributed by atoms with Gasteiger partial charge in [-0.3, -0.25) is 4.68 Å². The molecule has 1 atom stereocenters. The smallest absolute Gasteiger partial charge is 0.0620 e. The first-order valence-electron chi connectivity index (χ1n) is 5.63. The minimum atomic E-state index is 0.627. The van der Waals surface area contributed by atoms with Crippen molar-refractivity contribution in [2.75, 3.05) is 18.1 Å². The van der Waals surface area contributed by atoms with Crippen molar-refractivity contribution in [2.45, 2.75) is 32.2 Å². The molecular formula is C11H19N3S. The van der Waals surface area contributed by atoms with Gasteiger partial charge in [0.05, 0.1) is 12.2 Å². The van der Waals surface area contributed by atoms with Crippen molar-refractivity contribution in [3.63, 3.8) is 0 Å². The number of thioether (sulfide) groups is 1. The summed E-state index contributed by atoms with van der Waals surface area (Å²) in [6.45, 7) is 2.95. The summed E-state index contributed by atoms with van der Waals surface area (Å²) in [4.78, 5) is 0. The Morgan fingerprint density at radius 3 is 3.20 bits per heavy atom. The summed E-state index contributed by atoms with van der Waals surface area (Å²) >= 11 is 2.03. The molecule has 1 aromatic rings. The molecule has 2 N–H and O–H groups in total. The molecule has 1 aromatic heterocycles. The normalized spacial score (nSPS) is 21.1. The van der Waals surface area contributed by atoms with Crippen molar-refractivity contribution in [3.05, 3.63) is 17.5 Å². The summed E-state index contributed by atoms with van der Waals surface area (Å²) in [6.07, 6.45) is 5.42. The molecule has 2 heterocycles. The maximum Gasteiger partial charge on any atom is 0.0620 e. The molecule has 1 fully saturated rings. The number of nitrogens with zero attached hydrogens (tertiary/aromatic N) is 2. The van der Waals surface area contributed by atoms with E-state index in [9.17, 15) is 0 Å². The number of hydrogen-bond acceptors (Lipinski definition) is 3. The largest absolute Gasteiger partial charge is 0.330 e. The third-order valence-corrected chi connectivity index (χ3v) is 4.19. The molecule has 0 aromatic carbocycles. The second kappa shape index (κ2) is 5.03. The fourth-order valence-corrected chi connectivity index (χ4v) is 3.27. The average molecular weight is 225 g/mol. The first-order valence-corrected chi connectivity index (χ1v) is 6.79. The Bertz CT molecular complexity index is 316. The SMILES string of the molecule is Cc1c(CCCN)cnn1C1CCSC1. The summed E-state index contributed by atoms with van der Waals surface area (Å²) in [6, 6.07) is 0.627. The Labute approximate surface area is 95.4 Å². The van der Waals surface area contributed by atoms with E-state index in [1.807, 2.05) is 18.0 Å². The van der Waals surface area contributed by atoms with E-state index in [1.165, 1.54) is 29.2 Å². The van der Waals surface area contributed by atoms with Crippen molar-refractivity contribution in [2.24, 2.45) is 5.73 Å². The summed E-state index contributed by atoms with van der Waals surface area (Å²) in [5, 5.41) is 4.51. The lowest BCUT2D eigenvalue weighted by molar-refractivity contribution is 0.489. The highest BCUT2D eigenvalue weighted by molar-refractivity contribution is 7.99. The van der Waals surface area contributed by atoms with Crippen LogP contribution in [0.2, 0.25) is 0 Å². The van der Waals surface area contributed by atoms with Crippen LogP contribution in [0.5, 0.6) is 0 Å². The van der Waals surface area contributed by atoms with Crippen LogP contribution in [0, 0.1) is 6.92 Å². The molecule has 84 valence electrons. The number of nitrogens with two attached hydrogens (primary N) is 1. The van der Waals surface area contributed by atoms with E-state index in [0.717, 1.165) is 19.4 Å². The Balaban J connectivity index is 2.08. The minimum absolute atomic E-state index is 0.627. The second-order valence-electron chi connectivity index (χ2n) is 4.11. The molecule has 1 aliphatic rings. The molecule has 0 saturated carbocycles. The average Bonchev–Trinajstić information content (AvgIpc) is 2.84. The van der Waals surface area contributed by atoms with Crippen LogP contribution in [0.15, 0.2) is 6.20 Å². The summed E-state index contributed by atoms with van der Waals surface area (Å²) < 4.78 is 2.21. The van der Waals surface area contributed by atoms with Crippen LogP contribution in [0.1, 0.15) is 30.1 Å². The van der Waals surface area contributed by atoms with E-state index in [2.05, 4.69) is 16.7 Å². The van der Waals surface area contributed by atoms with Gasteiger partial charge in [0, 0.05) is 11.4 Å². The van der Waals surface area contributed by atoms with Gasteiger partial charge >= 0.3 is 0 Å². The van der Waals surface area contributed by atoms with Crippen LogP contribution < -0.4 is 5.73 Å². The molecule has 0 aliphatic carbocycles. The molecule has 1 unspecified atom stereocenters. The van der Waals surface area contributed by atoms with Gasteiger partial charge in [-0.2, -0.15) is 16.9 Å². The van der Waals surface area contributed by atoms with Crippen LogP contribution in [-0.4, -0.2) is 27.8 Å². The third-order valence-electron chi connectivity index (χ3n) is 3.05. The molecule has 0 bridgehead atoms. The number of aryl methyl sites for hydroxylation is 1. The lowest BCUT2D eigenvalue weighted by atomic mass is 10.1. The highest BCUT2D eigenvalue weighted by atomic mass is 32.2. The van der Waals surface area contributed by atoms with Crippen molar-refractivity contribution in [1.29, 1.82) is 0 Å². The van der Waals surface area contributed by atoms with E-state index in [1.54, 1.807) is 0 Å². The molecule has 2 rings (SSSR count). The van der Waals surface area contributed by atoms with Gasteiger partial charge in [0.15, 0.2) is 0 Å². The maximum atomic E-state index is 5.52. The molecule has 0 spiro atoms. The molecular weight excluding hydrogens is 206 g/mol. The number of hydrogen-bond donors (Lipinski definition) is 1. The first kappa shape index (κ1) is 11.0. The van der Waals surface area contributed by atoms with Crippen molar-refractivity contribution in [1.82, 2.24) is 9.78 Å². The van der Waals surface area contributed by atoms with E-state index < -0.39 is 0 Å². The zero-order valence-electron chi connectivity index (χ0n) is 9.28. The van der Waals surface area contributed by atoms with Gasteiger partial charge in [0.25, 0.3) is 0 Å². The van der Waals surface area contributed by atoms with Gasteiger partial charge in [-0.05, 0) is 44.0 Å². The molecule has 15 heavy (non-hydrogen) atoms. The first-order chi connectivity index (χ1) is 7.33. The van der Waals surface area contributed by atoms with Crippen LogP contribution in [0.25, 0.3) is 0 Å². The summed E-state index contributed by atoms with van der Waals surface area (Å²) in [5.41, 5.74) is 8.24. The van der Waals surface area contributed by atoms with Crippen molar-refractivity contribution >= 4 is 11.8 Å². The van der Waals surface area contributed by atoms with Crippen LogP contribution in [-0.2, 0) is 6.42 Å². The molecule has 0 amide bonds. The van der Waals surface area contributed by atoms with Gasteiger partial charge in [-0.25, -0.2) is 0 Å². The van der Waals surface area contributed by atoms with Crippen molar-refractivity contribution in [3.8, 4) is 0 Å². The van der Waals surface area contributed by atoms with Crippen molar-refractivity contribution < 1.29 is 0 Å². The highest BCUT2D eigenvalue weighted by Gasteiger charge is 2.20.